The third kappa shape index (κ3) is 4.23. The van der Waals surface area contributed by atoms with Crippen molar-refractivity contribution in [1.82, 2.24) is 0 Å². The second-order valence-corrected chi connectivity index (χ2v) is 1.94. The van der Waals surface area contributed by atoms with Crippen molar-refractivity contribution in [2.24, 2.45) is 11.5 Å². The van der Waals surface area contributed by atoms with Gasteiger partial charge >= 0.3 is 18.0 Å². The SMILES string of the molecule is NC(=O)OC(=O)C[C@H](N)C(=O)O. The lowest BCUT2D eigenvalue weighted by Crippen LogP contribution is -2.34. The van der Waals surface area contributed by atoms with E-state index in [-0.39, 0.29) is 0 Å². The van der Waals surface area contributed by atoms with Gasteiger partial charge in [-0.25, -0.2) is 4.79 Å². The molecule has 0 heterocycles. The summed E-state index contributed by atoms with van der Waals surface area (Å²) >= 11 is 0. The van der Waals surface area contributed by atoms with Crippen molar-refractivity contribution in [1.29, 1.82) is 0 Å². The molecular formula is C5H8N2O5. The Morgan fingerprint density at radius 2 is 1.92 bits per heavy atom. The molecule has 0 saturated heterocycles. The molecule has 5 N–H and O–H groups in total. The van der Waals surface area contributed by atoms with E-state index in [9.17, 15) is 14.4 Å². The number of ether oxygens (including phenoxy) is 1. The Bertz CT molecular complexity index is 214. The fraction of sp³-hybridized carbons (Fsp3) is 0.400. The van der Waals surface area contributed by atoms with Gasteiger partial charge in [0.1, 0.15) is 6.04 Å². The van der Waals surface area contributed by atoms with Gasteiger partial charge in [0.25, 0.3) is 0 Å². The van der Waals surface area contributed by atoms with Crippen molar-refractivity contribution in [2.75, 3.05) is 0 Å². The molecule has 0 aromatic heterocycles. The maximum atomic E-state index is 10.5. The number of primary amides is 1. The molecule has 0 spiro atoms. The van der Waals surface area contributed by atoms with Gasteiger partial charge in [-0.3, -0.25) is 9.59 Å². The van der Waals surface area contributed by atoms with Gasteiger partial charge in [0.05, 0.1) is 6.42 Å². The molecule has 0 aliphatic carbocycles. The van der Waals surface area contributed by atoms with Crippen LogP contribution in [0.15, 0.2) is 0 Å². The van der Waals surface area contributed by atoms with Gasteiger partial charge in [0.15, 0.2) is 0 Å². The quantitative estimate of drug-likeness (QED) is 0.350. The van der Waals surface area contributed by atoms with Crippen molar-refractivity contribution in [3.05, 3.63) is 0 Å². The van der Waals surface area contributed by atoms with Gasteiger partial charge in [-0.2, -0.15) is 0 Å². The first-order valence-electron chi connectivity index (χ1n) is 2.92. The Morgan fingerprint density at radius 1 is 1.42 bits per heavy atom. The van der Waals surface area contributed by atoms with E-state index in [0.717, 1.165) is 0 Å². The minimum atomic E-state index is -1.38. The third-order valence-electron chi connectivity index (χ3n) is 0.918. The van der Waals surface area contributed by atoms with Gasteiger partial charge in [-0.1, -0.05) is 0 Å². The summed E-state index contributed by atoms with van der Waals surface area (Å²) in [7, 11) is 0. The molecule has 0 aliphatic heterocycles. The number of hydrogen-bond donors (Lipinski definition) is 3. The highest BCUT2D eigenvalue weighted by atomic mass is 16.6. The van der Waals surface area contributed by atoms with Crippen LogP contribution in [0, 0.1) is 0 Å². The maximum Gasteiger partial charge on any atom is 0.412 e. The van der Waals surface area contributed by atoms with E-state index in [0.29, 0.717) is 0 Å². The average Bonchev–Trinajstić information content (AvgIpc) is 1.84. The molecule has 12 heavy (non-hydrogen) atoms. The highest BCUT2D eigenvalue weighted by Gasteiger charge is 2.18. The highest BCUT2D eigenvalue weighted by molar-refractivity contribution is 5.87. The topological polar surface area (TPSA) is 133 Å². The first-order chi connectivity index (χ1) is 5.43. The van der Waals surface area contributed by atoms with Crippen LogP contribution in [-0.4, -0.2) is 29.2 Å². The first-order valence-corrected chi connectivity index (χ1v) is 2.92. The maximum absolute atomic E-state index is 10.5. The van der Waals surface area contributed by atoms with Crippen LogP contribution in [0.2, 0.25) is 0 Å². The molecule has 0 aliphatic rings. The molecule has 0 radical (unpaired) electrons. The molecule has 7 nitrogen and oxygen atoms in total. The number of carboxylic acid groups (broad SMARTS) is 1. The van der Waals surface area contributed by atoms with Crippen LogP contribution in [0.1, 0.15) is 6.42 Å². The lowest BCUT2D eigenvalue weighted by molar-refractivity contribution is -0.145. The zero-order valence-corrected chi connectivity index (χ0v) is 6.02. The number of nitrogens with two attached hydrogens (primary N) is 2. The predicted molar refractivity (Wildman–Crippen MR) is 35.9 cm³/mol. The Morgan fingerprint density at radius 3 is 2.25 bits per heavy atom. The van der Waals surface area contributed by atoms with Crippen molar-refractivity contribution in [3.8, 4) is 0 Å². The molecule has 1 atom stereocenters. The van der Waals surface area contributed by atoms with Crippen LogP contribution in [0.25, 0.3) is 0 Å². The van der Waals surface area contributed by atoms with Crippen LogP contribution in [0.5, 0.6) is 0 Å². The molecule has 0 rings (SSSR count). The van der Waals surface area contributed by atoms with E-state index in [1.165, 1.54) is 0 Å². The van der Waals surface area contributed by atoms with Gasteiger partial charge in [0.2, 0.25) is 0 Å². The molecule has 0 saturated carbocycles. The summed E-state index contributed by atoms with van der Waals surface area (Å²) in [4.78, 5) is 30.5. The second kappa shape index (κ2) is 4.29. The third-order valence-corrected chi connectivity index (χ3v) is 0.918. The molecule has 0 fully saturated rings. The molecule has 1 amide bonds. The summed E-state index contributed by atoms with van der Waals surface area (Å²) in [6.45, 7) is 0. The number of carboxylic acids is 1. The lowest BCUT2D eigenvalue weighted by Gasteiger charge is -2.03. The van der Waals surface area contributed by atoms with Crippen LogP contribution >= 0.6 is 0 Å². The summed E-state index contributed by atoms with van der Waals surface area (Å²) in [6.07, 6.45) is -1.87. The number of carbonyl (C=O) groups excluding carboxylic acids is 2. The predicted octanol–water partition coefficient (Wildman–Crippen LogP) is -1.59. The van der Waals surface area contributed by atoms with E-state index in [1.54, 1.807) is 0 Å². The van der Waals surface area contributed by atoms with Crippen molar-refractivity contribution >= 4 is 18.0 Å². The molecular weight excluding hydrogens is 168 g/mol. The number of carbonyl (C=O) groups is 3. The van der Waals surface area contributed by atoms with E-state index in [4.69, 9.17) is 10.8 Å². The zero-order valence-electron chi connectivity index (χ0n) is 6.02. The molecule has 0 aromatic rings. The van der Waals surface area contributed by atoms with Crippen LogP contribution in [0.3, 0.4) is 0 Å². The fourth-order valence-corrected chi connectivity index (χ4v) is 0.421. The Hall–Kier alpha value is -1.63. The Labute approximate surface area is 67.3 Å². The number of rotatable bonds is 3. The number of esters is 1. The summed E-state index contributed by atoms with van der Waals surface area (Å²) in [5, 5.41) is 8.22. The lowest BCUT2D eigenvalue weighted by atomic mass is 10.2. The largest absolute Gasteiger partial charge is 0.480 e. The van der Waals surface area contributed by atoms with E-state index in [1.807, 2.05) is 0 Å². The van der Waals surface area contributed by atoms with Crippen molar-refractivity contribution in [2.45, 2.75) is 12.5 Å². The monoisotopic (exact) mass is 176 g/mol. The van der Waals surface area contributed by atoms with Gasteiger partial charge < -0.3 is 21.3 Å². The summed E-state index contributed by atoms with van der Waals surface area (Å²) < 4.78 is 3.83. The normalized spacial score (nSPS) is 11.8. The summed E-state index contributed by atoms with van der Waals surface area (Å²) in [5.74, 6) is -2.41. The van der Waals surface area contributed by atoms with Crippen LogP contribution < -0.4 is 11.5 Å². The van der Waals surface area contributed by atoms with E-state index < -0.39 is 30.5 Å². The van der Waals surface area contributed by atoms with Gasteiger partial charge in [-0.15, -0.1) is 0 Å². The smallest absolute Gasteiger partial charge is 0.412 e. The number of hydrogen-bond acceptors (Lipinski definition) is 5. The molecule has 0 unspecified atom stereocenters. The summed E-state index contributed by atoms with van der Waals surface area (Å²) in [5.41, 5.74) is 9.42. The number of amides is 1. The molecule has 68 valence electrons. The standard InChI is InChI=1S/C5H8N2O5/c6-2(4(9)10)1-3(8)12-5(7)11/h2H,1,6H2,(H2,7,11)(H,9,10)/t2-/m0/s1. The average molecular weight is 176 g/mol. The second-order valence-electron chi connectivity index (χ2n) is 1.94. The molecule has 7 heteroatoms. The van der Waals surface area contributed by atoms with Gasteiger partial charge in [0, 0.05) is 0 Å². The minimum Gasteiger partial charge on any atom is -0.480 e. The zero-order chi connectivity index (χ0) is 9.72. The Kier molecular flexibility index (Phi) is 3.71. The van der Waals surface area contributed by atoms with Gasteiger partial charge in [-0.05, 0) is 0 Å². The van der Waals surface area contributed by atoms with E-state index >= 15 is 0 Å². The summed E-state index contributed by atoms with van der Waals surface area (Å²) in [6, 6.07) is -1.38. The molecule has 0 aromatic carbocycles. The van der Waals surface area contributed by atoms with Crippen molar-refractivity contribution < 1.29 is 24.2 Å². The van der Waals surface area contributed by atoms with E-state index in [2.05, 4.69) is 10.5 Å². The molecule has 0 bridgehead atoms. The van der Waals surface area contributed by atoms with Crippen LogP contribution in [-0.2, 0) is 14.3 Å². The Balaban J connectivity index is 3.85. The highest BCUT2D eigenvalue weighted by Crippen LogP contribution is 1.91. The number of aliphatic carboxylic acids is 1. The minimum absolute atomic E-state index is 0.585. The van der Waals surface area contributed by atoms with Crippen molar-refractivity contribution in [3.63, 3.8) is 0 Å². The fourth-order valence-electron chi connectivity index (χ4n) is 0.421. The first kappa shape index (κ1) is 10.4. The van der Waals surface area contributed by atoms with Crippen LogP contribution in [0.4, 0.5) is 4.79 Å².